The van der Waals surface area contributed by atoms with Gasteiger partial charge in [-0.05, 0) is 75.6 Å². The van der Waals surface area contributed by atoms with Crippen molar-refractivity contribution in [3.8, 4) is 11.6 Å². The number of hydrogen-bond acceptors (Lipinski definition) is 10. The second-order valence-electron chi connectivity index (χ2n) is 14.4. The number of sulfonamides is 1. The summed E-state index contributed by atoms with van der Waals surface area (Å²) in [7, 11) is -2.32. The Kier molecular flexibility index (Phi) is 10.4. The van der Waals surface area contributed by atoms with Gasteiger partial charge in [0.05, 0.1) is 18.9 Å². The highest BCUT2D eigenvalue weighted by Crippen LogP contribution is 2.45. The summed E-state index contributed by atoms with van der Waals surface area (Å²) in [4.78, 5) is 60.6. The summed E-state index contributed by atoms with van der Waals surface area (Å²) in [5.74, 6) is -1.95. The monoisotopic (exact) mass is 713 g/mol. The van der Waals surface area contributed by atoms with Crippen molar-refractivity contribution in [1.29, 1.82) is 0 Å². The summed E-state index contributed by atoms with van der Waals surface area (Å²) in [5.41, 5.74) is -2.36. The van der Waals surface area contributed by atoms with E-state index in [1.165, 1.54) is 11.0 Å². The Hall–Kier alpha value is -4.40. The molecule has 1 aromatic heterocycles. The van der Waals surface area contributed by atoms with Crippen LogP contribution in [0, 0.1) is 11.8 Å². The molecule has 0 bridgehead atoms. The zero-order valence-electron chi connectivity index (χ0n) is 29.4. The first kappa shape index (κ1) is 36.9. The number of likely N-dealkylation sites (tertiary alicyclic amines) is 1. The number of aromatic nitrogens is 1. The van der Waals surface area contributed by atoms with Gasteiger partial charge in [0.25, 0.3) is 5.91 Å². The molecule has 2 heterocycles. The van der Waals surface area contributed by atoms with Gasteiger partial charge in [-0.2, -0.15) is 0 Å². The first-order chi connectivity index (χ1) is 23.5. The molecular formula is C35H47N5O9S. The smallest absolute Gasteiger partial charge is 0.408 e. The van der Waals surface area contributed by atoms with Crippen molar-refractivity contribution in [1.82, 2.24) is 25.2 Å². The lowest BCUT2D eigenvalue weighted by Crippen LogP contribution is -2.59. The summed E-state index contributed by atoms with van der Waals surface area (Å²) < 4.78 is 44.6. The number of carbonyl (C=O) groups is 4. The third kappa shape index (κ3) is 7.98. The Morgan fingerprint density at radius 2 is 1.90 bits per heavy atom. The molecule has 0 unspecified atom stereocenters. The minimum absolute atomic E-state index is 0.0300. The van der Waals surface area contributed by atoms with E-state index in [4.69, 9.17) is 14.2 Å². The molecule has 3 aliphatic rings. The van der Waals surface area contributed by atoms with Crippen LogP contribution >= 0.6 is 0 Å². The van der Waals surface area contributed by atoms with Gasteiger partial charge in [0, 0.05) is 23.9 Å². The summed E-state index contributed by atoms with van der Waals surface area (Å²) in [5, 5.41) is 6.35. The van der Waals surface area contributed by atoms with Crippen LogP contribution in [0.15, 0.2) is 43.1 Å². The molecule has 6 atom stereocenters. The minimum Gasteiger partial charge on any atom is -0.497 e. The molecule has 1 saturated heterocycles. The van der Waals surface area contributed by atoms with Crippen molar-refractivity contribution in [2.75, 3.05) is 13.7 Å². The minimum atomic E-state index is -3.89. The number of fused-ring (bicyclic) bond motifs is 1. The number of hydrogen-bond donors (Lipinski definition) is 3. The van der Waals surface area contributed by atoms with Crippen LogP contribution in [-0.4, -0.2) is 90.3 Å². The molecule has 0 spiro atoms. The molecule has 4 amide bonds. The molecular weight excluding hydrogens is 666 g/mol. The number of carbonyl (C=O) groups excluding carboxylic acids is 4. The van der Waals surface area contributed by atoms with Crippen molar-refractivity contribution >= 4 is 44.6 Å². The van der Waals surface area contributed by atoms with Crippen molar-refractivity contribution in [3.63, 3.8) is 0 Å². The normalized spacial score (nSPS) is 24.4. The predicted molar refractivity (Wildman–Crippen MR) is 185 cm³/mol. The number of amides is 4. The summed E-state index contributed by atoms with van der Waals surface area (Å²) >= 11 is 0. The lowest BCUT2D eigenvalue weighted by molar-refractivity contribution is -0.142. The summed E-state index contributed by atoms with van der Waals surface area (Å²) in [6, 6.07) is 5.05. The number of pyridine rings is 1. The highest BCUT2D eigenvalue weighted by atomic mass is 32.2. The van der Waals surface area contributed by atoms with Crippen LogP contribution in [0.4, 0.5) is 4.79 Å². The van der Waals surface area contributed by atoms with E-state index in [-0.39, 0.29) is 25.3 Å². The van der Waals surface area contributed by atoms with E-state index in [0.717, 1.165) is 5.39 Å². The summed E-state index contributed by atoms with van der Waals surface area (Å²) in [6.07, 6.45) is 3.22. The van der Waals surface area contributed by atoms with Crippen LogP contribution in [0.25, 0.3) is 10.8 Å². The first-order valence-electron chi connectivity index (χ1n) is 16.9. The van der Waals surface area contributed by atoms with Gasteiger partial charge in [-0.15, -0.1) is 6.58 Å². The van der Waals surface area contributed by atoms with Gasteiger partial charge in [0.1, 0.15) is 35.1 Å². The third-order valence-electron chi connectivity index (χ3n) is 9.46. The van der Waals surface area contributed by atoms with E-state index in [1.54, 1.807) is 40.1 Å². The highest BCUT2D eigenvalue weighted by Gasteiger charge is 2.62. The van der Waals surface area contributed by atoms with Crippen molar-refractivity contribution < 1.29 is 41.8 Å². The average molecular weight is 714 g/mol. The fourth-order valence-electron chi connectivity index (χ4n) is 6.20. The number of alkyl carbamates (subject to hydrolysis) is 1. The Labute approximate surface area is 292 Å². The third-order valence-corrected chi connectivity index (χ3v) is 11.3. The maximum atomic E-state index is 14.4. The van der Waals surface area contributed by atoms with Crippen molar-refractivity contribution in [2.45, 2.75) is 101 Å². The SMILES string of the molecule is C=C[C@@H]1C[C@]1(NC(=O)[C@@H]1C[C@@H](Oc2nccc3cc(OC)ccc23)CN1C(=O)[C@@H](NC(=O)OC(C)(C)C)[C@H](C)CC)C(=O)NS(=O)(=O)C1CC1. The van der Waals surface area contributed by atoms with Crippen LogP contribution in [0.1, 0.15) is 66.7 Å². The Morgan fingerprint density at radius 3 is 2.50 bits per heavy atom. The zero-order valence-corrected chi connectivity index (χ0v) is 30.2. The zero-order chi connectivity index (χ0) is 36.6. The highest BCUT2D eigenvalue weighted by molar-refractivity contribution is 7.91. The molecule has 14 nitrogen and oxygen atoms in total. The van der Waals surface area contributed by atoms with Gasteiger partial charge < -0.3 is 29.7 Å². The second kappa shape index (κ2) is 14.1. The van der Waals surface area contributed by atoms with Crippen LogP contribution in [-0.2, 0) is 29.1 Å². The van der Waals surface area contributed by atoms with Crippen LogP contribution in [0.2, 0.25) is 0 Å². The molecule has 2 saturated carbocycles. The number of ether oxygens (including phenoxy) is 3. The van der Waals surface area contributed by atoms with E-state index in [0.29, 0.717) is 36.3 Å². The molecule has 15 heteroatoms. The fourth-order valence-corrected chi connectivity index (χ4v) is 7.56. The van der Waals surface area contributed by atoms with Crippen molar-refractivity contribution in [2.24, 2.45) is 11.8 Å². The van der Waals surface area contributed by atoms with E-state index < -0.39 is 74.3 Å². The summed E-state index contributed by atoms with van der Waals surface area (Å²) in [6.45, 7) is 12.6. The molecule has 1 aliphatic heterocycles. The maximum Gasteiger partial charge on any atom is 0.408 e. The number of methoxy groups -OCH3 is 1. The number of nitrogens with zero attached hydrogens (tertiary/aromatic N) is 2. The molecule has 5 rings (SSSR count). The predicted octanol–water partition coefficient (Wildman–Crippen LogP) is 3.20. The molecule has 272 valence electrons. The lowest BCUT2D eigenvalue weighted by atomic mass is 9.97. The molecule has 3 fully saturated rings. The van der Waals surface area contributed by atoms with Gasteiger partial charge in [0.15, 0.2) is 0 Å². The quantitative estimate of drug-likeness (QED) is 0.261. The van der Waals surface area contributed by atoms with E-state index >= 15 is 0 Å². The molecule has 3 N–H and O–H groups in total. The van der Waals surface area contributed by atoms with Crippen LogP contribution in [0.5, 0.6) is 11.6 Å². The average Bonchev–Trinajstić information content (AvgIpc) is 3.98. The number of nitrogens with one attached hydrogen (secondary N) is 3. The molecule has 2 aliphatic carbocycles. The molecule has 1 aromatic carbocycles. The van der Waals surface area contributed by atoms with Gasteiger partial charge in [-0.1, -0.05) is 26.3 Å². The molecule has 0 radical (unpaired) electrons. The van der Waals surface area contributed by atoms with Crippen LogP contribution in [0.3, 0.4) is 0 Å². The molecule has 50 heavy (non-hydrogen) atoms. The topological polar surface area (TPSA) is 182 Å². The second-order valence-corrected chi connectivity index (χ2v) is 16.3. The Balaban J connectivity index is 1.44. The van der Waals surface area contributed by atoms with Gasteiger partial charge >= 0.3 is 6.09 Å². The lowest BCUT2D eigenvalue weighted by Gasteiger charge is -2.32. The van der Waals surface area contributed by atoms with E-state index in [2.05, 4.69) is 26.9 Å². The van der Waals surface area contributed by atoms with E-state index in [9.17, 15) is 27.6 Å². The maximum absolute atomic E-state index is 14.4. The van der Waals surface area contributed by atoms with Gasteiger partial charge in [0.2, 0.25) is 27.7 Å². The van der Waals surface area contributed by atoms with Gasteiger partial charge in [-0.25, -0.2) is 18.2 Å². The number of benzene rings is 1. The van der Waals surface area contributed by atoms with E-state index in [1.807, 2.05) is 32.0 Å². The number of rotatable bonds is 13. The standard InChI is InChI=1S/C35H47N5O9S/c1-8-20(3)28(37-33(44)49-34(4,5)6)31(42)40-19-24(48-30-26-13-10-23(47-7)16-21(26)14-15-36-30)17-27(40)29(41)38-35(18-22(35)9-2)32(43)39-50(45,46)25-11-12-25/h9-10,13-16,20,22,24-25,27-28H,2,8,11-12,17-19H2,1,3-7H3,(H,37,44)(H,38,41)(H,39,43)/t20-,22-,24-,27+,28+,35-/m1/s1. The van der Waals surface area contributed by atoms with Crippen molar-refractivity contribution in [3.05, 3.63) is 43.1 Å². The molecule has 2 aromatic rings. The van der Waals surface area contributed by atoms with Crippen LogP contribution < -0.4 is 24.8 Å². The Bertz CT molecular complexity index is 1770. The largest absolute Gasteiger partial charge is 0.497 e. The Morgan fingerprint density at radius 1 is 1.18 bits per heavy atom. The fraction of sp³-hybridized carbons (Fsp3) is 0.571. The van der Waals surface area contributed by atoms with Gasteiger partial charge in [-0.3, -0.25) is 19.1 Å². The first-order valence-corrected chi connectivity index (χ1v) is 18.5.